The van der Waals surface area contributed by atoms with E-state index in [1.54, 1.807) is 37.3 Å². The lowest BCUT2D eigenvalue weighted by molar-refractivity contribution is -0.140. The normalized spacial score (nSPS) is 12.8. The lowest BCUT2D eigenvalue weighted by Gasteiger charge is -2.34. The van der Waals surface area contributed by atoms with E-state index in [2.05, 4.69) is 5.32 Å². The summed E-state index contributed by atoms with van der Waals surface area (Å²) in [6.07, 6.45) is 1.89. The Labute approximate surface area is 237 Å². The molecule has 0 unspecified atom stereocenters. The summed E-state index contributed by atoms with van der Waals surface area (Å²) in [4.78, 5) is 29.1. The van der Waals surface area contributed by atoms with Crippen molar-refractivity contribution in [2.45, 2.75) is 59.2 Å². The van der Waals surface area contributed by atoms with Gasteiger partial charge in [-0.15, -0.1) is 0 Å². The van der Waals surface area contributed by atoms with Gasteiger partial charge in [-0.1, -0.05) is 67.6 Å². The third kappa shape index (κ3) is 7.91. The summed E-state index contributed by atoms with van der Waals surface area (Å²) in [6, 6.07) is 19.4. The van der Waals surface area contributed by atoms with Crippen molar-refractivity contribution in [2.75, 3.05) is 17.1 Å². The number of benzene rings is 3. The maximum absolute atomic E-state index is 14.8. The third-order valence-electron chi connectivity index (χ3n) is 7.09. The number of nitrogens with zero attached hydrogens (tertiary/aromatic N) is 2. The lowest BCUT2D eigenvalue weighted by atomic mass is 10.0. The Bertz CT molecular complexity index is 1430. The van der Waals surface area contributed by atoms with E-state index < -0.39 is 34.3 Å². The third-order valence-corrected chi connectivity index (χ3v) is 8.22. The first-order valence-corrected chi connectivity index (χ1v) is 15.2. The summed E-state index contributed by atoms with van der Waals surface area (Å²) < 4.78 is 41.8. The van der Waals surface area contributed by atoms with Gasteiger partial charge >= 0.3 is 0 Å². The van der Waals surface area contributed by atoms with Crippen LogP contribution in [0.15, 0.2) is 72.8 Å². The number of anilines is 1. The molecule has 3 aromatic rings. The van der Waals surface area contributed by atoms with Gasteiger partial charge in [0.05, 0.1) is 11.9 Å². The van der Waals surface area contributed by atoms with Crippen LogP contribution >= 0.6 is 0 Å². The van der Waals surface area contributed by atoms with Crippen LogP contribution in [-0.2, 0) is 32.6 Å². The van der Waals surface area contributed by atoms with Gasteiger partial charge in [0, 0.05) is 24.6 Å². The van der Waals surface area contributed by atoms with Gasteiger partial charge < -0.3 is 10.2 Å². The summed E-state index contributed by atoms with van der Waals surface area (Å²) in [5.41, 5.74) is 3.01. The van der Waals surface area contributed by atoms with Crippen molar-refractivity contribution in [1.29, 1.82) is 0 Å². The first-order chi connectivity index (χ1) is 18.9. The molecule has 0 aromatic heterocycles. The van der Waals surface area contributed by atoms with E-state index in [-0.39, 0.29) is 30.5 Å². The average Bonchev–Trinajstić information content (AvgIpc) is 2.91. The molecule has 3 rings (SSSR count). The number of rotatable bonds is 12. The van der Waals surface area contributed by atoms with Gasteiger partial charge in [-0.2, -0.15) is 0 Å². The van der Waals surface area contributed by atoms with E-state index in [0.717, 1.165) is 27.3 Å². The highest BCUT2D eigenvalue weighted by Gasteiger charge is 2.34. The summed E-state index contributed by atoms with van der Waals surface area (Å²) >= 11 is 0. The van der Waals surface area contributed by atoms with Crippen molar-refractivity contribution in [2.24, 2.45) is 0 Å². The second-order valence-corrected chi connectivity index (χ2v) is 12.0. The highest BCUT2D eigenvalue weighted by molar-refractivity contribution is 7.92. The second kappa shape index (κ2) is 13.6. The fourth-order valence-electron chi connectivity index (χ4n) is 4.41. The minimum absolute atomic E-state index is 0.154. The van der Waals surface area contributed by atoms with Gasteiger partial charge in [0.25, 0.3) is 0 Å². The van der Waals surface area contributed by atoms with Gasteiger partial charge in [-0.25, -0.2) is 12.8 Å². The van der Waals surface area contributed by atoms with Crippen molar-refractivity contribution in [3.63, 3.8) is 0 Å². The molecule has 0 heterocycles. The molecule has 0 fully saturated rings. The smallest absolute Gasteiger partial charge is 0.244 e. The number of nitrogens with one attached hydrogen (secondary N) is 1. The zero-order valence-electron chi connectivity index (χ0n) is 23.7. The molecule has 1 N–H and O–H groups in total. The number of amides is 2. The zero-order valence-corrected chi connectivity index (χ0v) is 24.5. The molecule has 0 bridgehead atoms. The van der Waals surface area contributed by atoms with Crippen LogP contribution in [0.25, 0.3) is 0 Å². The number of hydrogen-bond acceptors (Lipinski definition) is 4. The minimum Gasteiger partial charge on any atom is -0.352 e. The van der Waals surface area contributed by atoms with Crippen LogP contribution in [0.5, 0.6) is 0 Å². The molecule has 0 aliphatic heterocycles. The van der Waals surface area contributed by atoms with E-state index in [1.807, 2.05) is 57.2 Å². The first kappa shape index (κ1) is 30.8. The molecule has 3 aromatic carbocycles. The molecule has 40 heavy (non-hydrogen) atoms. The van der Waals surface area contributed by atoms with E-state index in [0.29, 0.717) is 12.1 Å². The average molecular weight is 568 g/mol. The van der Waals surface area contributed by atoms with Crippen LogP contribution in [-0.4, -0.2) is 50.0 Å². The van der Waals surface area contributed by atoms with Gasteiger partial charge in [0.2, 0.25) is 21.8 Å². The maximum Gasteiger partial charge on any atom is 0.244 e. The molecule has 9 heteroatoms. The number of sulfonamides is 1. The van der Waals surface area contributed by atoms with Gasteiger partial charge in [-0.05, 0) is 56.0 Å². The van der Waals surface area contributed by atoms with Gasteiger partial charge in [0.1, 0.15) is 18.4 Å². The number of carbonyl (C=O) groups is 2. The largest absolute Gasteiger partial charge is 0.352 e. The molecule has 0 saturated heterocycles. The van der Waals surface area contributed by atoms with Crippen molar-refractivity contribution >= 4 is 27.5 Å². The molecule has 0 spiro atoms. The van der Waals surface area contributed by atoms with Crippen molar-refractivity contribution in [1.82, 2.24) is 10.2 Å². The number of carbonyl (C=O) groups excluding carboxylic acids is 2. The molecule has 2 amide bonds. The Morgan fingerprint density at radius 3 is 2.23 bits per heavy atom. The van der Waals surface area contributed by atoms with Gasteiger partial charge in [0.15, 0.2) is 0 Å². The predicted octanol–water partition coefficient (Wildman–Crippen LogP) is 4.76. The molecular formula is C31H38FN3O4S. The monoisotopic (exact) mass is 567 g/mol. The standard InChI is InChI=1S/C31H38FN3O4S/c1-6-23(3)33-31(37)29(19-25-14-8-7-9-15-25)34(20-26-16-10-11-17-27(26)32)30(36)21-35(40(5,38)39)28-18-12-13-22(2)24(28)4/h7-18,23,29H,6,19-21H2,1-5H3,(H,33,37)/t23-,29+/m0/s1. The van der Waals surface area contributed by atoms with Crippen LogP contribution in [0.4, 0.5) is 10.1 Å². The van der Waals surface area contributed by atoms with E-state index >= 15 is 0 Å². The van der Waals surface area contributed by atoms with E-state index in [1.165, 1.54) is 11.0 Å². The quantitative estimate of drug-likeness (QED) is 0.342. The topological polar surface area (TPSA) is 86.8 Å². The van der Waals surface area contributed by atoms with Crippen molar-refractivity contribution < 1.29 is 22.4 Å². The summed E-state index contributed by atoms with van der Waals surface area (Å²) in [5.74, 6) is -1.52. The summed E-state index contributed by atoms with van der Waals surface area (Å²) in [6.45, 7) is 6.71. The Morgan fingerprint density at radius 2 is 1.60 bits per heavy atom. The molecule has 7 nitrogen and oxygen atoms in total. The lowest BCUT2D eigenvalue weighted by Crippen LogP contribution is -2.54. The highest BCUT2D eigenvalue weighted by atomic mass is 32.2. The van der Waals surface area contributed by atoms with Crippen molar-refractivity contribution in [3.8, 4) is 0 Å². The van der Waals surface area contributed by atoms with E-state index in [9.17, 15) is 22.4 Å². The zero-order chi connectivity index (χ0) is 29.4. The molecule has 0 aliphatic carbocycles. The second-order valence-electron chi connectivity index (χ2n) is 10.1. The molecule has 214 valence electrons. The molecular weight excluding hydrogens is 529 g/mol. The first-order valence-electron chi connectivity index (χ1n) is 13.3. The van der Waals surface area contributed by atoms with Crippen molar-refractivity contribution in [3.05, 3.63) is 101 Å². The Morgan fingerprint density at radius 1 is 0.950 bits per heavy atom. The number of aryl methyl sites for hydroxylation is 1. The molecule has 2 atom stereocenters. The van der Waals surface area contributed by atoms with Gasteiger partial charge in [-0.3, -0.25) is 13.9 Å². The Balaban J connectivity index is 2.10. The number of halogens is 1. The molecule has 0 aliphatic rings. The van der Waals surface area contributed by atoms with Crippen LogP contribution < -0.4 is 9.62 Å². The summed E-state index contributed by atoms with van der Waals surface area (Å²) in [5, 5.41) is 2.96. The predicted molar refractivity (Wildman–Crippen MR) is 157 cm³/mol. The maximum atomic E-state index is 14.8. The Kier molecular flexibility index (Phi) is 10.5. The fourth-order valence-corrected chi connectivity index (χ4v) is 5.31. The van der Waals surface area contributed by atoms with E-state index in [4.69, 9.17) is 0 Å². The molecule has 0 saturated carbocycles. The Hall–Kier alpha value is -3.72. The fraction of sp³-hybridized carbons (Fsp3) is 0.355. The van der Waals surface area contributed by atoms with Crippen LogP contribution in [0.3, 0.4) is 0 Å². The highest BCUT2D eigenvalue weighted by Crippen LogP contribution is 2.26. The minimum atomic E-state index is -3.88. The van der Waals surface area contributed by atoms with Crippen LogP contribution in [0, 0.1) is 19.7 Å². The van der Waals surface area contributed by atoms with Crippen LogP contribution in [0.2, 0.25) is 0 Å². The summed E-state index contributed by atoms with van der Waals surface area (Å²) in [7, 11) is -3.88. The SMILES string of the molecule is CC[C@H](C)NC(=O)[C@@H](Cc1ccccc1)N(Cc1ccccc1F)C(=O)CN(c1cccc(C)c1C)S(C)(=O)=O. The van der Waals surface area contributed by atoms with Crippen LogP contribution in [0.1, 0.15) is 42.5 Å². The molecule has 0 radical (unpaired) electrons. The number of hydrogen-bond donors (Lipinski definition) is 1.